The van der Waals surface area contributed by atoms with E-state index in [1.165, 1.54) is 0 Å². The number of nitrogens with zero attached hydrogens (tertiary/aromatic N) is 3. The van der Waals surface area contributed by atoms with Crippen molar-refractivity contribution in [1.29, 1.82) is 0 Å². The number of hydrogen-bond donors (Lipinski definition) is 1. The predicted octanol–water partition coefficient (Wildman–Crippen LogP) is 5.60. The maximum Gasteiger partial charge on any atom is 0.149 e. The first-order valence-electron chi connectivity index (χ1n) is 11.6. The number of benzene rings is 1. The molecule has 8 heteroatoms. The highest BCUT2D eigenvalue weighted by Gasteiger charge is 2.29. The van der Waals surface area contributed by atoms with Gasteiger partial charge in [0.05, 0.1) is 12.6 Å². The fraction of sp³-hybridized carbons (Fsp3) is 0.520. The first-order chi connectivity index (χ1) is 16.2. The standard InChI is InChI=1S/C25H32FN3O2S2/c1-31-20-4-6-24-22(15-20)21(7-9-27-24)23(26)5-3-18-8-12-29(16-19(18)17-30)11-2-13-32-25-28-10-14-33-25/h4,6-7,9-10,14-15,18-19,23,30H,2-3,5,8,11-13,16-17H2,1H3/t18-,19-,23+/m1/s1. The summed E-state index contributed by atoms with van der Waals surface area (Å²) in [4.78, 5) is 11.1. The molecule has 0 saturated carbocycles. The molecule has 1 aliphatic rings. The van der Waals surface area contributed by atoms with Gasteiger partial charge in [-0.05, 0) is 80.4 Å². The molecule has 4 rings (SSSR count). The second-order valence-electron chi connectivity index (χ2n) is 8.62. The van der Waals surface area contributed by atoms with Gasteiger partial charge in [0.2, 0.25) is 0 Å². The van der Waals surface area contributed by atoms with E-state index in [1.54, 1.807) is 30.7 Å². The van der Waals surface area contributed by atoms with Crippen LogP contribution >= 0.6 is 23.1 Å². The molecule has 0 spiro atoms. The van der Waals surface area contributed by atoms with Crippen LogP contribution in [0.4, 0.5) is 4.39 Å². The van der Waals surface area contributed by atoms with E-state index in [2.05, 4.69) is 14.9 Å². The van der Waals surface area contributed by atoms with E-state index < -0.39 is 6.17 Å². The maximum absolute atomic E-state index is 15.3. The van der Waals surface area contributed by atoms with Gasteiger partial charge in [-0.3, -0.25) is 4.98 Å². The molecule has 1 N–H and O–H groups in total. The average molecular weight is 490 g/mol. The number of aliphatic hydroxyl groups excluding tert-OH is 1. The molecule has 3 heterocycles. The number of thiazole rings is 1. The van der Waals surface area contributed by atoms with Crippen LogP contribution in [0.1, 0.15) is 37.4 Å². The first-order valence-corrected chi connectivity index (χ1v) is 13.5. The zero-order valence-corrected chi connectivity index (χ0v) is 20.7. The van der Waals surface area contributed by atoms with Crippen LogP contribution in [0, 0.1) is 11.8 Å². The fourth-order valence-corrected chi connectivity index (χ4v) is 6.37. The zero-order chi connectivity index (χ0) is 23.0. The van der Waals surface area contributed by atoms with Gasteiger partial charge in [-0.2, -0.15) is 0 Å². The number of alkyl halides is 1. The number of fused-ring (bicyclic) bond motifs is 1. The number of aromatic nitrogens is 2. The zero-order valence-electron chi connectivity index (χ0n) is 19.0. The quantitative estimate of drug-likeness (QED) is 0.279. The van der Waals surface area contributed by atoms with E-state index in [0.717, 1.165) is 59.9 Å². The van der Waals surface area contributed by atoms with Crippen LogP contribution in [0.5, 0.6) is 5.75 Å². The second kappa shape index (κ2) is 12.1. The molecule has 3 atom stereocenters. The molecule has 5 nitrogen and oxygen atoms in total. The van der Waals surface area contributed by atoms with Gasteiger partial charge >= 0.3 is 0 Å². The summed E-state index contributed by atoms with van der Waals surface area (Å²) in [5.41, 5.74) is 1.46. The molecular formula is C25H32FN3O2S2. The average Bonchev–Trinajstić information content (AvgIpc) is 3.38. The Hall–Kier alpha value is -1.74. The van der Waals surface area contributed by atoms with Crippen LogP contribution in [-0.2, 0) is 0 Å². The first kappa shape index (κ1) is 24.4. The smallest absolute Gasteiger partial charge is 0.149 e. The van der Waals surface area contributed by atoms with E-state index >= 15 is 4.39 Å². The van der Waals surface area contributed by atoms with E-state index in [4.69, 9.17) is 4.74 Å². The summed E-state index contributed by atoms with van der Waals surface area (Å²) in [6, 6.07) is 7.37. The number of hydrogen-bond acceptors (Lipinski definition) is 7. The highest BCUT2D eigenvalue weighted by Crippen LogP contribution is 2.35. The van der Waals surface area contributed by atoms with Gasteiger partial charge in [0.1, 0.15) is 16.3 Å². The normalized spacial score (nSPS) is 20.2. The third kappa shape index (κ3) is 6.44. The maximum atomic E-state index is 15.3. The number of thioether (sulfide) groups is 1. The topological polar surface area (TPSA) is 58.5 Å². The summed E-state index contributed by atoms with van der Waals surface area (Å²) in [5.74, 6) is 2.34. The number of methoxy groups -OCH3 is 1. The van der Waals surface area contributed by atoms with Crippen LogP contribution in [0.15, 0.2) is 46.4 Å². The van der Waals surface area contributed by atoms with Gasteiger partial charge in [-0.1, -0.05) is 11.8 Å². The van der Waals surface area contributed by atoms with Crippen molar-refractivity contribution >= 4 is 34.0 Å². The summed E-state index contributed by atoms with van der Waals surface area (Å²) in [6.45, 7) is 3.13. The molecule has 33 heavy (non-hydrogen) atoms. The lowest BCUT2D eigenvalue weighted by molar-refractivity contribution is 0.0640. The third-order valence-electron chi connectivity index (χ3n) is 6.57. The lowest BCUT2D eigenvalue weighted by Gasteiger charge is -2.38. The van der Waals surface area contributed by atoms with Crippen LogP contribution < -0.4 is 4.74 Å². The van der Waals surface area contributed by atoms with Gasteiger partial charge in [0, 0.05) is 42.1 Å². The minimum atomic E-state index is -1.05. The highest BCUT2D eigenvalue weighted by atomic mass is 32.2. The van der Waals surface area contributed by atoms with Gasteiger partial charge in [0.15, 0.2) is 0 Å². The summed E-state index contributed by atoms with van der Waals surface area (Å²) < 4.78 is 21.8. The van der Waals surface area contributed by atoms with Gasteiger partial charge < -0.3 is 14.7 Å². The van der Waals surface area contributed by atoms with Crippen molar-refractivity contribution in [3.8, 4) is 5.75 Å². The van der Waals surface area contributed by atoms with Crippen LogP contribution in [0.25, 0.3) is 10.9 Å². The van der Waals surface area contributed by atoms with Crippen molar-refractivity contribution in [2.75, 3.05) is 39.1 Å². The van der Waals surface area contributed by atoms with Crippen molar-refractivity contribution in [1.82, 2.24) is 14.9 Å². The number of halogens is 1. The van der Waals surface area contributed by atoms with Crippen LogP contribution in [0.3, 0.4) is 0 Å². The largest absolute Gasteiger partial charge is 0.497 e. The van der Waals surface area contributed by atoms with Crippen LogP contribution in [-0.4, -0.2) is 59.1 Å². The molecule has 1 aromatic carbocycles. The molecule has 0 radical (unpaired) electrons. The highest BCUT2D eigenvalue weighted by molar-refractivity contribution is 8.00. The Kier molecular flexibility index (Phi) is 8.95. The molecule has 1 aliphatic heterocycles. The number of piperidine rings is 1. The summed E-state index contributed by atoms with van der Waals surface area (Å²) in [5, 5.41) is 12.8. The molecule has 0 amide bonds. The second-order valence-corrected chi connectivity index (χ2v) is 10.9. The molecule has 0 bridgehead atoms. The number of rotatable bonds is 11. The van der Waals surface area contributed by atoms with Crippen molar-refractivity contribution in [3.63, 3.8) is 0 Å². The minimum Gasteiger partial charge on any atom is -0.497 e. The molecule has 2 aromatic heterocycles. The van der Waals surface area contributed by atoms with Crippen molar-refractivity contribution in [3.05, 3.63) is 47.6 Å². The summed E-state index contributed by atoms with van der Waals surface area (Å²) in [7, 11) is 1.62. The van der Waals surface area contributed by atoms with E-state index in [9.17, 15) is 5.11 Å². The Bertz CT molecular complexity index is 1000. The van der Waals surface area contributed by atoms with Gasteiger partial charge in [-0.15, -0.1) is 11.3 Å². The number of likely N-dealkylation sites (tertiary alicyclic amines) is 1. The SMILES string of the molecule is COc1ccc2nccc([C@@H](F)CC[C@@H]3CCN(CCCSc4nccs4)C[C@@H]3CO)c2c1. The molecule has 1 saturated heterocycles. The third-order valence-corrected chi connectivity index (χ3v) is 8.63. The lowest BCUT2D eigenvalue weighted by Crippen LogP contribution is -2.42. The lowest BCUT2D eigenvalue weighted by atomic mass is 9.81. The molecule has 0 aliphatic carbocycles. The monoisotopic (exact) mass is 489 g/mol. The van der Waals surface area contributed by atoms with E-state index in [1.807, 2.05) is 41.5 Å². The van der Waals surface area contributed by atoms with Crippen LogP contribution in [0.2, 0.25) is 0 Å². The van der Waals surface area contributed by atoms with E-state index in [-0.39, 0.29) is 12.5 Å². The molecule has 3 aromatic rings. The summed E-state index contributed by atoms with van der Waals surface area (Å²) >= 11 is 3.50. The minimum absolute atomic E-state index is 0.168. The Morgan fingerprint density at radius 1 is 1.27 bits per heavy atom. The van der Waals surface area contributed by atoms with Gasteiger partial charge in [0.25, 0.3) is 0 Å². The van der Waals surface area contributed by atoms with E-state index in [0.29, 0.717) is 23.7 Å². The molecule has 1 fully saturated rings. The fourth-order valence-electron chi connectivity index (χ4n) is 4.74. The Balaban J connectivity index is 1.27. The van der Waals surface area contributed by atoms with Crippen molar-refractivity contribution in [2.24, 2.45) is 11.8 Å². The van der Waals surface area contributed by atoms with Gasteiger partial charge in [-0.25, -0.2) is 9.37 Å². The Morgan fingerprint density at radius 3 is 2.97 bits per heavy atom. The number of pyridine rings is 1. The van der Waals surface area contributed by atoms with Crippen molar-refractivity contribution in [2.45, 2.75) is 36.2 Å². The molecular weight excluding hydrogens is 457 g/mol. The number of aliphatic hydroxyl groups is 1. The number of ether oxygens (including phenoxy) is 1. The van der Waals surface area contributed by atoms with Crippen molar-refractivity contribution < 1.29 is 14.2 Å². The molecule has 178 valence electrons. The summed E-state index contributed by atoms with van der Waals surface area (Å²) in [6.07, 6.45) is 5.84. The molecule has 0 unspecified atom stereocenters. The Labute approximate surface area is 203 Å². The predicted molar refractivity (Wildman–Crippen MR) is 134 cm³/mol. The Morgan fingerprint density at radius 2 is 2.18 bits per heavy atom.